The number of nitrogens with one attached hydrogen (secondary N) is 1. The number of hydrogen-bond acceptors (Lipinski definition) is 2. The fraction of sp³-hybridized carbons (Fsp3) is 1.00. The molecule has 0 spiro atoms. The number of likely N-dealkylation sites (tertiary alicyclic amines) is 1. The first-order chi connectivity index (χ1) is 8.37. The third kappa shape index (κ3) is 3.48. The van der Waals surface area contributed by atoms with Crippen LogP contribution in [0.15, 0.2) is 0 Å². The van der Waals surface area contributed by atoms with Crippen LogP contribution in [0.5, 0.6) is 0 Å². The smallest absolute Gasteiger partial charge is 0.0101 e. The zero-order valence-electron chi connectivity index (χ0n) is 13.0. The molecule has 0 aromatic rings. The maximum Gasteiger partial charge on any atom is 0.0101 e. The standard InChI is InChI=1S/C16H32N2/c1-12(2)18-8-6-14(7-9-18)17-15-11-16(4,5)10-13(15)3/h12-15,17H,6-11H2,1-5H3. The van der Waals surface area contributed by atoms with Crippen LogP contribution in [-0.2, 0) is 0 Å². The van der Waals surface area contributed by atoms with Crippen LogP contribution in [0.25, 0.3) is 0 Å². The van der Waals surface area contributed by atoms with Crippen molar-refractivity contribution in [1.82, 2.24) is 10.2 Å². The molecule has 106 valence electrons. The minimum absolute atomic E-state index is 0.551. The molecule has 2 rings (SSSR count). The average molecular weight is 252 g/mol. The van der Waals surface area contributed by atoms with Crippen molar-refractivity contribution in [2.45, 2.75) is 78.4 Å². The van der Waals surface area contributed by atoms with E-state index in [2.05, 4.69) is 44.8 Å². The number of nitrogens with zero attached hydrogens (tertiary/aromatic N) is 1. The Labute approximate surface area is 114 Å². The molecule has 2 fully saturated rings. The van der Waals surface area contributed by atoms with Gasteiger partial charge in [0.1, 0.15) is 0 Å². The number of rotatable bonds is 3. The van der Waals surface area contributed by atoms with Crippen LogP contribution in [0.2, 0.25) is 0 Å². The van der Waals surface area contributed by atoms with Crippen LogP contribution >= 0.6 is 0 Å². The highest BCUT2D eigenvalue weighted by molar-refractivity contribution is 4.93. The molecule has 2 nitrogen and oxygen atoms in total. The highest BCUT2D eigenvalue weighted by Crippen LogP contribution is 2.41. The SMILES string of the molecule is CC1CC(C)(C)CC1NC1CCN(C(C)C)CC1. The fourth-order valence-corrected chi connectivity index (χ4v) is 4.00. The van der Waals surface area contributed by atoms with Crippen molar-refractivity contribution in [3.05, 3.63) is 0 Å². The Balaban J connectivity index is 1.78. The summed E-state index contributed by atoms with van der Waals surface area (Å²) in [5.74, 6) is 0.850. The molecule has 1 N–H and O–H groups in total. The Hall–Kier alpha value is -0.0800. The first-order valence-corrected chi connectivity index (χ1v) is 7.87. The second-order valence-electron chi connectivity index (χ2n) is 7.73. The summed E-state index contributed by atoms with van der Waals surface area (Å²) in [7, 11) is 0. The summed E-state index contributed by atoms with van der Waals surface area (Å²) in [6, 6.07) is 2.24. The maximum absolute atomic E-state index is 3.96. The van der Waals surface area contributed by atoms with Gasteiger partial charge in [-0.2, -0.15) is 0 Å². The van der Waals surface area contributed by atoms with Crippen molar-refractivity contribution < 1.29 is 0 Å². The van der Waals surface area contributed by atoms with Gasteiger partial charge in [-0.1, -0.05) is 20.8 Å². The summed E-state index contributed by atoms with van der Waals surface area (Å²) in [6.45, 7) is 14.5. The largest absolute Gasteiger partial charge is 0.311 e. The van der Waals surface area contributed by atoms with E-state index in [-0.39, 0.29) is 0 Å². The van der Waals surface area contributed by atoms with Gasteiger partial charge in [-0.05, 0) is 64.0 Å². The molecule has 2 unspecified atom stereocenters. The summed E-state index contributed by atoms with van der Waals surface area (Å²) in [4.78, 5) is 2.61. The van der Waals surface area contributed by atoms with Crippen LogP contribution in [0.4, 0.5) is 0 Å². The molecule has 1 saturated heterocycles. The molecule has 0 radical (unpaired) electrons. The first kappa shape index (κ1) is 14.3. The lowest BCUT2D eigenvalue weighted by molar-refractivity contribution is 0.153. The molecule has 2 atom stereocenters. The molecular formula is C16H32N2. The van der Waals surface area contributed by atoms with E-state index in [0.29, 0.717) is 5.41 Å². The van der Waals surface area contributed by atoms with Gasteiger partial charge < -0.3 is 10.2 Å². The van der Waals surface area contributed by atoms with Gasteiger partial charge in [-0.25, -0.2) is 0 Å². The van der Waals surface area contributed by atoms with E-state index < -0.39 is 0 Å². The van der Waals surface area contributed by atoms with Gasteiger partial charge in [0.05, 0.1) is 0 Å². The van der Waals surface area contributed by atoms with Crippen molar-refractivity contribution in [3.63, 3.8) is 0 Å². The van der Waals surface area contributed by atoms with Crippen LogP contribution in [0, 0.1) is 11.3 Å². The van der Waals surface area contributed by atoms with E-state index in [1.165, 1.54) is 38.8 Å². The van der Waals surface area contributed by atoms with Crippen LogP contribution in [0.1, 0.15) is 60.3 Å². The van der Waals surface area contributed by atoms with E-state index in [0.717, 1.165) is 24.0 Å². The lowest BCUT2D eigenvalue weighted by atomic mass is 9.91. The van der Waals surface area contributed by atoms with Crippen LogP contribution in [0.3, 0.4) is 0 Å². The first-order valence-electron chi connectivity index (χ1n) is 7.87. The zero-order valence-corrected chi connectivity index (χ0v) is 13.0. The minimum Gasteiger partial charge on any atom is -0.311 e. The van der Waals surface area contributed by atoms with Crippen LogP contribution < -0.4 is 5.32 Å². The van der Waals surface area contributed by atoms with Gasteiger partial charge >= 0.3 is 0 Å². The summed E-state index contributed by atoms with van der Waals surface area (Å²) in [6.07, 6.45) is 5.41. The fourth-order valence-electron chi connectivity index (χ4n) is 4.00. The van der Waals surface area contributed by atoms with E-state index in [9.17, 15) is 0 Å². The molecular weight excluding hydrogens is 220 g/mol. The second kappa shape index (κ2) is 5.50. The molecule has 0 aromatic heterocycles. The van der Waals surface area contributed by atoms with Gasteiger partial charge in [-0.15, -0.1) is 0 Å². The molecule has 0 aromatic carbocycles. The molecule has 0 bridgehead atoms. The molecule has 0 amide bonds. The van der Waals surface area contributed by atoms with Crippen molar-refractivity contribution in [3.8, 4) is 0 Å². The van der Waals surface area contributed by atoms with E-state index in [1.807, 2.05) is 0 Å². The van der Waals surface area contributed by atoms with Gasteiger partial charge in [0.25, 0.3) is 0 Å². The van der Waals surface area contributed by atoms with Gasteiger partial charge in [0.15, 0.2) is 0 Å². The summed E-state index contributed by atoms with van der Waals surface area (Å²) in [5, 5.41) is 3.96. The Bertz CT molecular complexity index is 264. The average Bonchev–Trinajstić information content (AvgIpc) is 2.52. The van der Waals surface area contributed by atoms with Gasteiger partial charge in [-0.3, -0.25) is 0 Å². The summed E-state index contributed by atoms with van der Waals surface area (Å²) in [5.41, 5.74) is 0.551. The monoisotopic (exact) mass is 252 g/mol. The van der Waals surface area contributed by atoms with Crippen molar-refractivity contribution >= 4 is 0 Å². The summed E-state index contributed by atoms with van der Waals surface area (Å²) >= 11 is 0. The lowest BCUT2D eigenvalue weighted by Gasteiger charge is -2.36. The van der Waals surface area contributed by atoms with Gasteiger partial charge in [0, 0.05) is 18.1 Å². The maximum atomic E-state index is 3.96. The third-order valence-electron chi connectivity index (χ3n) is 5.04. The van der Waals surface area contributed by atoms with Crippen molar-refractivity contribution in [2.24, 2.45) is 11.3 Å². The molecule has 1 saturated carbocycles. The van der Waals surface area contributed by atoms with E-state index in [1.54, 1.807) is 0 Å². The summed E-state index contributed by atoms with van der Waals surface area (Å²) < 4.78 is 0. The Morgan fingerprint density at radius 2 is 1.72 bits per heavy atom. The van der Waals surface area contributed by atoms with Crippen molar-refractivity contribution in [2.75, 3.05) is 13.1 Å². The highest BCUT2D eigenvalue weighted by atomic mass is 15.2. The topological polar surface area (TPSA) is 15.3 Å². The molecule has 1 aliphatic heterocycles. The Kier molecular flexibility index (Phi) is 4.38. The Morgan fingerprint density at radius 1 is 1.11 bits per heavy atom. The molecule has 18 heavy (non-hydrogen) atoms. The minimum atomic E-state index is 0.551. The molecule has 2 heteroatoms. The van der Waals surface area contributed by atoms with Gasteiger partial charge in [0.2, 0.25) is 0 Å². The zero-order chi connectivity index (χ0) is 13.3. The number of hydrogen-bond donors (Lipinski definition) is 1. The number of piperidine rings is 1. The predicted molar refractivity (Wildman–Crippen MR) is 78.8 cm³/mol. The lowest BCUT2D eigenvalue weighted by Crippen LogP contribution is -2.48. The normalized spacial score (nSPS) is 34.3. The molecule has 2 aliphatic rings. The molecule has 1 heterocycles. The van der Waals surface area contributed by atoms with E-state index >= 15 is 0 Å². The Morgan fingerprint density at radius 3 is 2.17 bits per heavy atom. The van der Waals surface area contributed by atoms with E-state index in [4.69, 9.17) is 0 Å². The van der Waals surface area contributed by atoms with Crippen molar-refractivity contribution in [1.29, 1.82) is 0 Å². The predicted octanol–water partition coefficient (Wildman–Crippen LogP) is 3.27. The highest BCUT2D eigenvalue weighted by Gasteiger charge is 2.37. The van der Waals surface area contributed by atoms with Crippen LogP contribution in [-0.4, -0.2) is 36.1 Å². The molecule has 1 aliphatic carbocycles. The third-order valence-corrected chi connectivity index (χ3v) is 5.04. The second-order valence-corrected chi connectivity index (χ2v) is 7.73. The quantitative estimate of drug-likeness (QED) is 0.829.